The van der Waals surface area contributed by atoms with Gasteiger partial charge in [-0.05, 0) is 26.2 Å². The molecule has 0 saturated heterocycles. The maximum absolute atomic E-state index is 11.5. The number of ketones is 1. The summed E-state index contributed by atoms with van der Waals surface area (Å²) < 4.78 is 0. The molecule has 0 aromatic carbocycles. The molecule has 18 heavy (non-hydrogen) atoms. The fourth-order valence-corrected chi connectivity index (χ4v) is 1.23. The van der Waals surface area contributed by atoms with Gasteiger partial charge in [-0.25, -0.2) is 0 Å². The molecule has 5 heteroatoms. The van der Waals surface area contributed by atoms with Gasteiger partial charge < -0.3 is 10.2 Å². The smallest absolute Gasteiger partial charge is 0.248 e. The van der Waals surface area contributed by atoms with Crippen molar-refractivity contribution in [1.82, 2.24) is 9.88 Å². The molecule has 1 rings (SSSR count). The van der Waals surface area contributed by atoms with E-state index in [-0.39, 0.29) is 11.7 Å². The molecule has 1 heterocycles. The highest BCUT2D eigenvalue weighted by Gasteiger charge is 2.02. The number of pyridine rings is 1. The molecule has 1 aromatic rings. The van der Waals surface area contributed by atoms with Crippen molar-refractivity contribution in [3.8, 4) is 0 Å². The van der Waals surface area contributed by atoms with Crippen LogP contribution in [-0.4, -0.2) is 42.2 Å². The molecule has 1 amide bonds. The minimum atomic E-state index is -0.214. The highest BCUT2D eigenvalue weighted by Crippen LogP contribution is 2.06. The summed E-state index contributed by atoms with van der Waals surface area (Å²) >= 11 is 0. The van der Waals surface area contributed by atoms with E-state index in [2.05, 4.69) is 10.3 Å². The van der Waals surface area contributed by atoms with Gasteiger partial charge in [0.05, 0.1) is 11.9 Å². The Kier molecular flexibility index (Phi) is 5.20. The number of amides is 1. The van der Waals surface area contributed by atoms with E-state index in [1.54, 1.807) is 18.2 Å². The third-order valence-corrected chi connectivity index (χ3v) is 2.13. The van der Waals surface area contributed by atoms with Crippen molar-refractivity contribution in [1.29, 1.82) is 0 Å². The third kappa shape index (κ3) is 4.88. The molecule has 0 spiro atoms. The standard InChI is InChI=1S/C13H17N3O2/c1-10(17)12-7-6-11(9-14-12)15-13(18)5-4-8-16(2)3/h4-7,9H,8H2,1-3H3,(H,15,18). The van der Waals surface area contributed by atoms with Crippen molar-refractivity contribution in [3.63, 3.8) is 0 Å². The SMILES string of the molecule is CC(=O)c1ccc(NC(=O)C=CCN(C)C)cn1. The van der Waals surface area contributed by atoms with E-state index in [4.69, 9.17) is 0 Å². The summed E-state index contributed by atoms with van der Waals surface area (Å²) in [7, 11) is 3.85. The maximum Gasteiger partial charge on any atom is 0.248 e. The monoisotopic (exact) mass is 247 g/mol. The molecule has 5 nitrogen and oxygen atoms in total. The number of hydrogen-bond acceptors (Lipinski definition) is 4. The van der Waals surface area contributed by atoms with Crippen molar-refractivity contribution in [2.24, 2.45) is 0 Å². The van der Waals surface area contributed by atoms with E-state index in [9.17, 15) is 9.59 Å². The quantitative estimate of drug-likeness (QED) is 0.630. The van der Waals surface area contributed by atoms with Gasteiger partial charge in [0.2, 0.25) is 5.91 Å². The van der Waals surface area contributed by atoms with Gasteiger partial charge in [0.1, 0.15) is 5.69 Å². The van der Waals surface area contributed by atoms with E-state index in [1.807, 2.05) is 19.0 Å². The molecule has 0 saturated carbocycles. The topological polar surface area (TPSA) is 62.3 Å². The summed E-state index contributed by atoms with van der Waals surface area (Å²) in [6.07, 6.45) is 4.71. The number of aromatic nitrogens is 1. The van der Waals surface area contributed by atoms with Gasteiger partial charge in [0.15, 0.2) is 5.78 Å². The van der Waals surface area contributed by atoms with Crippen LogP contribution < -0.4 is 5.32 Å². The number of likely N-dealkylation sites (N-methyl/N-ethyl adjacent to an activating group) is 1. The van der Waals surface area contributed by atoms with Crippen LogP contribution in [0.2, 0.25) is 0 Å². The van der Waals surface area contributed by atoms with E-state index in [0.29, 0.717) is 17.9 Å². The second-order valence-electron chi connectivity index (χ2n) is 4.14. The molecule has 96 valence electrons. The number of rotatable bonds is 5. The summed E-state index contributed by atoms with van der Waals surface area (Å²) in [6.45, 7) is 2.15. The van der Waals surface area contributed by atoms with Crippen molar-refractivity contribution in [2.75, 3.05) is 26.0 Å². The highest BCUT2D eigenvalue weighted by molar-refractivity contribution is 5.99. The van der Waals surface area contributed by atoms with E-state index in [0.717, 1.165) is 0 Å². The maximum atomic E-state index is 11.5. The Morgan fingerprint density at radius 1 is 1.39 bits per heavy atom. The predicted octanol–water partition coefficient (Wildman–Crippen LogP) is 1.34. The van der Waals surface area contributed by atoms with E-state index in [1.165, 1.54) is 19.2 Å². The first-order chi connectivity index (χ1) is 8.49. The van der Waals surface area contributed by atoms with E-state index < -0.39 is 0 Å². The zero-order valence-corrected chi connectivity index (χ0v) is 10.8. The second kappa shape index (κ2) is 6.66. The Morgan fingerprint density at radius 2 is 2.11 bits per heavy atom. The second-order valence-corrected chi connectivity index (χ2v) is 4.14. The number of carbonyl (C=O) groups is 2. The predicted molar refractivity (Wildman–Crippen MR) is 70.6 cm³/mol. The van der Waals surface area contributed by atoms with Crippen molar-refractivity contribution < 1.29 is 9.59 Å². The summed E-state index contributed by atoms with van der Waals surface area (Å²) in [5.41, 5.74) is 0.954. The summed E-state index contributed by atoms with van der Waals surface area (Å²) in [5.74, 6) is -0.312. The van der Waals surface area contributed by atoms with Gasteiger partial charge in [-0.3, -0.25) is 14.6 Å². The van der Waals surface area contributed by atoms with Gasteiger partial charge in [0, 0.05) is 19.5 Å². The summed E-state index contributed by atoms with van der Waals surface area (Å²) in [4.78, 5) is 28.4. The van der Waals surface area contributed by atoms with Crippen LogP contribution in [0.25, 0.3) is 0 Å². The lowest BCUT2D eigenvalue weighted by molar-refractivity contribution is -0.111. The first-order valence-corrected chi connectivity index (χ1v) is 5.58. The molecular formula is C13H17N3O2. The lowest BCUT2D eigenvalue weighted by atomic mass is 10.2. The van der Waals surface area contributed by atoms with Gasteiger partial charge in [-0.15, -0.1) is 0 Å². The van der Waals surface area contributed by atoms with Gasteiger partial charge in [-0.1, -0.05) is 6.08 Å². The van der Waals surface area contributed by atoms with Crippen LogP contribution in [0.4, 0.5) is 5.69 Å². The van der Waals surface area contributed by atoms with Gasteiger partial charge in [0.25, 0.3) is 0 Å². The number of hydrogen-bond donors (Lipinski definition) is 1. The van der Waals surface area contributed by atoms with Crippen LogP contribution in [-0.2, 0) is 4.79 Å². The fourth-order valence-electron chi connectivity index (χ4n) is 1.23. The number of Topliss-reactive ketones (excluding diaryl/α,β-unsaturated/α-hetero) is 1. The average Bonchev–Trinajstić information content (AvgIpc) is 2.29. The van der Waals surface area contributed by atoms with Crippen molar-refractivity contribution >= 4 is 17.4 Å². The zero-order chi connectivity index (χ0) is 13.5. The molecule has 0 aliphatic rings. The van der Waals surface area contributed by atoms with Crippen molar-refractivity contribution in [3.05, 3.63) is 36.2 Å². The molecule has 1 aromatic heterocycles. The minimum absolute atomic E-state index is 0.0984. The molecule has 0 atom stereocenters. The normalized spacial score (nSPS) is 10.9. The Hall–Kier alpha value is -2.01. The fraction of sp³-hybridized carbons (Fsp3) is 0.308. The first-order valence-electron chi connectivity index (χ1n) is 5.58. The highest BCUT2D eigenvalue weighted by atomic mass is 16.1. The average molecular weight is 247 g/mol. The van der Waals surface area contributed by atoms with Crippen LogP contribution >= 0.6 is 0 Å². The Morgan fingerprint density at radius 3 is 2.61 bits per heavy atom. The summed E-state index contributed by atoms with van der Waals surface area (Å²) in [5, 5.41) is 2.66. The largest absolute Gasteiger partial charge is 0.321 e. The molecule has 0 bridgehead atoms. The first kappa shape index (κ1) is 14.1. The zero-order valence-electron chi connectivity index (χ0n) is 10.8. The van der Waals surface area contributed by atoms with Crippen LogP contribution in [0.5, 0.6) is 0 Å². The van der Waals surface area contributed by atoms with Gasteiger partial charge >= 0.3 is 0 Å². The molecule has 0 aliphatic heterocycles. The number of nitrogens with one attached hydrogen (secondary N) is 1. The van der Waals surface area contributed by atoms with Crippen LogP contribution in [0.1, 0.15) is 17.4 Å². The number of anilines is 1. The Balaban J connectivity index is 2.54. The summed E-state index contributed by atoms with van der Waals surface area (Å²) in [6, 6.07) is 3.24. The minimum Gasteiger partial charge on any atom is -0.321 e. The number of carbonyl (C=O) groups excluding carboxylic acids is 2. The lowest BCUT2D eigenvalue weighted by Gasteiger charge is -2.04. The Bertz CT molecular complexity index is 450. The van der Waals surface area contributed by atoms with Gasteiger partial charge in [-0.2, -0.15) is 0 Å². The molecule has 1 N–H and O–H groups in total. The molecule has 0 aliphatic carbocycles. The molecule has 0 unspecified atom stereocenters. The molecular weight excluding hydrogens is 230 g/mol. The lowest BCUT2D eigenvalue weighted by Crippen LogP contribution is -2.13. The van der Waals surface area contributed by atoms with Crippen LogP contribution in [0.3, 0.4) is 0 Å². The van der Waals surface area contributed by atoms with Crippen LogP contribution in [0.15, 0.2) is 30.5 Å². The molecule has 0 fully saturated rings. The number of nitrogens with zero attached hydrogens (tertiary/aromatic N) is 2. The van der Waals surface area contributed by atoms with Crippen molar-refractivity contribution in [2.45, 2.75) is 6.92 Å². The molecule has 0 radical (unpaired) electrons. The van der Waals surface area contributed by atoms with Crippen LogP contribution in [0, 0.1) is 0 Å². The Labute approximate surface area is 107 Å². The van der Waals surface area contributed by atoms with E-state index >= 15 is 0 Å². The third-order valence-electron chi connectivity index (χ3n) is 2.13.